The minimum Gasteiger partial charge on any atom is -0.493 e. The van der Waals surface area contributed by atoms with Crippen LogP contribution in [0.5, 0.6) is 23.1 Å². The Kier molecular flexibility index (Phi) is 7.70. The van der Waals surface area contributed by atoms with E-state index in [0.717, 1.165) is 10.7 Å². The molecule has 1 aromatic heterocycles. The van der Waals surface area contributed by atoms with Crippen molar-refractivity contribution in [3.05, 3.63) is 80.9 Å². The third-order valence-electron chi connectivity index (χ3n) is 3.92. The van der Waals surface area contributed by atoms with Gasteiger partial charge < -0.3 is 14.2 Å². The van der Waals surface area contributed by atoms with Gasteiger partial charge in [0.05, 0.1) is 18.2 Å². The number of nitrogens with zero attached hydrogens (tertiary/aromatic N) is 3. The Labute approximate surface area is 191 Å². The Balaban J connectivity index is 1.56. The van der Waals surface area contributed by atoms with Gasteiger partial charge in [-0.05, 0) is 48.0 Å². The monoisotopic (exact) mass is 500 g/mol. The molecule has 0 aliphatic heterocycles. The van der Waals surface area contributed by atoms with Gasteiger partial charge in [-0.2, -0.15) is 5.10 Å². The van der Waals surface area contributed by atoms with Crippen LogP contribution in [0.25, 0.3) is 0 Å². The first kappa shape index (κ1) is 22.7. The molecule has 0 fully saturated rings. The number of nitrogens with one attached hydrogen (secondary N) is 1. The third-order valence-corrected chi connectivity index (χ3v) is 4.45. The van der Waals surface area contributed by atoms with Crippen molar-refractivity contribution in [1.82, 2.24) is 10.4 Å². The van der Waals surface area contributed by atoms with Gasteiger partial charge in [-0.1, -0.05) is 15.9 Å². The van der Waals surface area contributed by atoms with E-state index < -0.39 is 10.8 Å². The summed E-state index contributed by atoms with van der Waals surface area (Å²) in [6.07, 6.45) is 2.54. The second kappa shape index (κ2) is 10.9. The van der Waals surface area contributed by atoms with E-state index in [-0.39, 0.29) is 18.2 Å². The number of pyridine rings is 1. The molecule has 0 spiro atoms. The van der Waals surface area contributed by atoms with E-state index in [1.54, 1.807) is 30.3 Å². The molecular formula is C21H17BrN4O6. The number of carbonyl (C=O) groups excluding carboxylic acids is 1. The minimum absolute atomic E-state index is 0.139. The molecule has 10 nitrogen and oxygen atoms in total. The van der Waals surface area contributed by atoms with Crippen LogP contribution in [-0.4, -0.2) is 35.7 Å². The molecule has 1 amide bonds. The fourth-order valence-electron chi connectivity index (χ4n) is 2.39. The van der Waals surface area contributed by atoms with E-state index in [4.69, 9.17) is 14.2 Å². The predicted molar refractivity (Wildman–Crippen MR) is 119 cm³/mol. The zero-order valence-corrected chi connectivity index (χ0v) is 18.3. The summed E-state index contributed by atoms with van der Waals surface area (Å²) in [6.45, 7) is -0.183. The number of hydrogen-bond acceptors (Lipinski definition) is 8. The molecule has 0 aliphatic rings. The maximum atomic E-state index is 11.9. The van der Waals surface area contributed by atoms with E-state index in [0.29, 0.717) is 22.8 Å². The third kappa shape index (κ3) is 6.51. The van der Waals surface area contributed by atoms with Gasteiger partial charge in [0.1, 0.15) is 11.9 Å². The van der Waals surface area contributed by atoms with Crippen molar-refractivity contribution in [1.29, 1.82) is 0 Å². The fraction of sp³-hybridized carbons (Fsp3) is 0.0952. The van der Waals surface area contributed by atoms with Crippen molar-refractivity contribution < 1.29 is 23.9 Å². The Morgan fingerprint density at radius 3 is 2.62 bits per heavy atom. The van der Waals surface area contributed by atoms with Crippen LogP contribution in [0.3, 0.4) is 0 Å². The number of nitro groups is 1. The zero-order chi connectivity index (χ0) is 22.9. The molecule has 32 heavy (non-hydrogen) atoms. The van der Waals surface area contributed by atoms with Crippen molar-refractivity contribution >= 4 is 33.7 Å². The molecule has 3 aromatic rings. The number of ether oxygens (including phenoxy) is 3. The van der Waals surface area contributed by atoms with Crippen LogP contribution in [0, 0.1) is 10.1 Å². The lowest BCUT2D eigenvalue weighted by Gasteiger charge is -2.10. The first-order chi connectivity index (χ1) is 15.4. The summed E-state index contributed by atoms with van der Waals surface area (Å²) >= 11 is 3.32. The number of benzene rings is 2. The number of carbonyl (C=O) groups is 1. The van der Waals surface area contributed by atoms with E-state index >= 15 is 0 Å². The topological polar surface area (TPSA) is 125 Å². The molecule has 0 saturated heterocycles. The smallest absolute Gasteiger partial charge is 0.287 e. The molecule has 0 radical (unpaired) electrons. The summed E-state index contributed by atoms with van der Waals surface area (Å²) in [5.41, 5.74) is 2.88. The molecule has 0 bridgehead atoms. The second-order valence-corrected chi connectivity index (χ2v) is 7.08. The van der Waals surface area contributed by atoms with Crippen molar-refractivity contribution in [3.8, 4) is 23.1 Å². The molecule has 0 aliphatic carbocycles. The highest BCUT2D eigenvalue weighted by atomic mass is 79.9. The van der Waals surface area contributed by atoms with Crippen molar-refractivity contribution in [2.45, 2.75) is 0 Å². The number of hydrogen-bond donors (Lipinski definition) is 1. The second-order valence-electron chi connectivity index (χ2n) is 6.16. The first-order valence-corrected chi connectivity index (χ1v) is 9.90. The molecule has 1 heterocycles. The number of rotatable bonds is 9. The fourth-order valence-corrected chi connectivity index (χ4v) is 2.66. The van der Waals surface area contributed by atoms with E-state index in [1.165, 1.54) is 25.5 Å². The van der Waals surface area contributed by atoms with E-state index in [2.05, 4.69) is 31.4 Å². The quantitative estimate of drug-likeness (QED) is 0.266. The van der Waals surface area contributed by atoms with Crippen LogP contribution in [0.1, 0.15) is 5.56 Å². The average molecular weight is 501 g/mol. The van der Waals surface area contributed by atoms with Gasteiger partial charge in [0.25, 0.3) is 11.6 Å². The van der Waals surface area contributed by atoms with Crippen LogP contribution in [0.15, 0.2) is 70.4 Å². The van der Waals surface area contributed by atoms with Gasteiger partial charge in [0.2, 0.25) is 5.88 Å². The van der Waals surface area contributed by atoms with Crippen LogP contribution in [-0.2, 0) is 4.79 Å². The van der Waals surface area contributed by atoms with Gasteiger partial charge in [-0.3, -0.25) is 14.9 Å². The number of amides is 1. The summed E-state index contributed by atoms with van der Waals surface area (Å²) in [7, 11) is 1.47. The molecule has 0 atom stereocenters. The van der Waals surface area contributed by atoms with Crippen molar-refractivity contribution in [2.75, 3.05) is 13.7 Å². The van der Waals surface area contributed by atoms with Gasteiger partial charge in [0, 0.05) is 16.6 Å². The Bertz CT molecular complexity index is 1120. The number of halogens is 1. The molecule has 3 rings (SSSR count). The van der Waals surface area contributed by atoms with Crippen LogP contribution in [0.2, 0.25) is 0 Å². The van der Waals surface area contributed by atoms with Gasteiger partial charge in [-0.25, -0.2) is 10.4 Å². The maximum Gasteiger partial charge on any atom is 0.287 e. The number of methoxy groups -OCH3 is 1. The van der Waals surface area contributed by atoms with Crippen molar-refractivity contribution in [2.24, 2.45) is 5.10 Å². The SMILES string of the molecule is COc1cc(C=NNC(=O)COc2ccc(Br)cc2)ccc1Oc1ccc([N+](=O)[O-])cn1. The minimum atomic E-state index is -0.544. The van der Waals surface area contributed by atoms with Gasteiger partial charge in [-0.15, -0.1) is 0 Å². The predicted octanol–water partition coefficient (Wildman–Crippen LogP) is 4.08. The Hall–Kier alpha value is -3.99. The summed E-state index contributed by atoms with van der Waals surface area (Å²) in [5.74, 6) is 1.07. The summed E-state index contributed by atoms with van der Waals surface area (Å²) in [5, 5.41) is 14.6. The molecule has 11 heteroatoms. The Morgan fingerprint density at radius 1 is 1.19 bits per heavy atom. The summed E-state index contributed by atoms with van der Waals surface area (Å²) in [6, 6.07) is 14.7. The molecule has 0 saturated carbocycles. The first-order valence-electron chi connectivity index (χ1n) is 9.11. The average Bonchev–Trinajstić information content (AvgIpc) is 2.80. The number of hydrazone groups is 1. The van der Waals surface area contributed by atoms with E-state index in [1.807, 2.05) is 12.1 Å². The summed E-state index contributed by atoms with van der Waals surface area (Å²) < 4.78 is 17.2. The van der Waals surface area contributed by atoms with Gasteiger partial charge >= 0.3 is 0 Å². The zero-order valence-electron chi connectivity index (χ0n) is 16.7. The van der Waals surface area contributed by atoms with Gasteiger partial charge in [0.15, 0.2) is 18.1 Å². The highest BCUT2D eigenvalue weighted by Gasteiger charge is 2.10. The lowest BCUT2D eigenvalue weighted by Crippen LogP contribution is -2.24. The number of aromatic nitrogens is 1. The van der Waals surface area contributed by atoms with Crippen LogP contribution >= 0.6 is 15.9 Å². The molecule has 0 unspecified atom stereocenters. The normalized spacial score (nSPS) is 10.6. The lowest BCUT2D eigenvalue weighted by molar-refractivity contribution is -0.385. The highest BCUT2D eigenvalue weighted by molar-refractivity contribution is 9.10. The molecule has 1 N–H and O–H groups in total. The van der Waals surface area contributed by atoms with Crippen LogP contribution < -0.4 is 19.6 Å². The molecule has 2 aromatic carbocycles. The van der Waals surface area contributed by atoms with Crippen LogP contribution in [0.4, 0.5) is 5.69 Å². The summed E-state index contributed by atoms with van der Waals surface area (Å²) in [4.78, 5) is 25.9. The maximum absolute atomic E-state index is 11.9. The molecule has 164 valence electrons. The highest BCUT2D eigenvalue weighted by Crippen LogP contribution is 2.31. The molecular weight excluding hydrogens is 484 g/mol. The largest absolute Gasteiger partial charge is 0.493 e. The lowest BCUT2D eigenvalue weighted by atomic mass is 10.2. The standard InChI is InChI=1S/C21H17BrN4O6/c1-30-19-10-14(2-8-18(19)32-21-9-5-16(12-23-21)26(28)29)11-24-25-20(27)13-31-17-6-3-15(22)4-7-17/h2-12H,13H2,1H3,(H,25,27). The van der Waals surface area contributed by atoms with E-state index in [9.17, 15) is 14.9 Å². The Morgan fingerprint density at radius 2 is 1.97 bits per heavy atom. The van der Waals surface area contributed by atoms with Crippen molar-refractivity contribution in [3.63, 3.8) is 0 Å².